The highest BCUT2D eigenvalue weighted by Crippen LogP contribution is 2.38. The quantitative estimate of drug-likeness (QED) is 0.604. The van der Waals surface area contributed by atoms with Gasteiger partial charge in [0.05, 0.1) is 18.6 Å². The molecule has 0 fully saturated rings. The van der Waals surface area contributed by atoms with Crippen LogP contribution >= 0.6 is 0 Å². The lowest BCUT2D eigenvalue weighted by molar-refractivity contribution is -0.386. The summed E-state index contributed by atoms with van der Waals surface area (Å²) in [6, 6.07) is 2.90. The van der Waals surface area contributed by atoms with Crippen LogP contribution in [-0.2, 0) is 6.42 Å². The van der Waals surface area contributed by atoms with Crippen molar-refractivity contribution in [3.63, 3.8) is 0 Å². The molecule has 0 atom stereocenters. The largest absolute Gasteiger partial charge is 0.493 e. The number of benzene rings is 1. The molecule has 0 aliphatic rings. The fourth-order valence-electron chi connectivity index (χ4n) is 2.36. The fraction of sp³-hybridized carbons (Fsp3) is 0.333. The predicted molar refractivity (Wildman–Crippen MR) is 86.0 cm³/mol. The Bertz CT molecular complexity index is 884. The van der Waals surface area contributed by atoms with Crippen LogP contribution in [0.25, 0.3) is 0 Å². The van der Waals surface area contributed by atoms with Crippen molar-refractivity contribution in [3.8, 4) is 11.5 Å². The number of hydrogen-bond acceptors (Lipinski definition) is 6. The van der Waals surface area contributed by atoms with Gasteiger partial charge in [-0.15, -0.1) is 0 Å². The number of nitro groups is 1. The summed E-state index contributed by atoms with van der Waals surface area (Å²) >= 11 is 0. The second-order valence-electron chi connectivity index (χ2n) is 5.03. The highest BCUT2D eigenvalue weighted by Gasteiger charge is 2.22. The second kappa shape index (κ2) is 6.99. The molecule has 128 valence electrons. The molecule has 0 radical (unpaired) electrons. The summed E-state index contributed by atoms with van der Waals surface area (Å²) in [4.78, 5) is 38.6. The molecule has 1 aromatic carbocycles. The minimum absolute atomic E-state index is 0.0425. The number of nitro benzene ring substituents is 1. The predicted octanol–water partition coefficient (Wildman–Crippen LogP) is 1.28. The lowest BCUT2D eigenvalue weighted by atomic mass is 10.0. The zero-order chi connectivity index (χ0) is 17.9. The molecule has 0 saturated carbocycles. The Morgan fingerprint density at radius 1 is 1.25 bits per heavy atom. The molecular formula is C15H17N3O6. The molecule has 0 aliphatic heterocycles. The molecule has 9 heteroatoms. The van der Waals surface area contributed by atoms with Crippen molar-refractivity contribution in [2.45, 2.75) is 20.3 Å². The average Bonchev–Trinajstić information content (AvgIpc) is 2.51. The topological polar surface area (TPSA) is 127 Å². The molecule has 2 aromatic rings. The number of ether oxygens (including phenoxy) is 2. The third-order valence-corrected chi connectivity index (χ3v) is 3.44. The van der Waals surface area contributed by atoms with Crippen LogP contribution in [0.1, 0.15) is 23.7 Å². The number of aryl methyl sites for hydroxylation is 1. The number of H-pyrrole nitrogens is 2. The number of aromatic nitrogens is 2. The Morgan fingerprint density at radius 3 is 2.50 bits per heavy atom. The molecule has 1 heterocycles. The van der Waals surface area contributed by atoms with Gasteiger partial charge in [0.15, 0.2) is 5.75 Å². The normalized spacial score (nSPS) is 10.5. The Morgan fingerprint density at radius 2 is 1.96 bits per heavy atom. The first-order valence-electron chi connectivity index (χ1n) is 7.17. The number of rotatable bonds is 6. The van der Waals surface area contributed by atoms with E-state index in [2.05, 4.69) is 9.97 Å². The maximum atomic E-state index is 11.9. The van der Waals surface area contributed by atoms with Gasteiger partial charge in [0, 0.05) is 23.7 Å². The van der Waals surface area contributed by atoms with Crippen LogP contribution in [0.15, 0.2) is 21.7 Å². The summed E-state index contributed by atoms with van der Waals surface area (Å²) in [5, 5.41) is 11.3. The van der Waals surface area contributed by atoms with Gasteiger partial charge >= 0.3 is 11.4 Å². The molecule has 9 nitrogen and oxygen atoms in total. The van der Waals surface area contributed by atoms with Gasteiger partial charge in [-0.2, -0.15) is 0 Å². The maximum absolute atomic E-state index is 11.9. The van der Waals surface area contributed by atoms with Gasteiger partial charge in [0.2, 0.25) is 5.75 Å². The van der Waals surface area contributed by atoms with Gasteiger partial charge in [-0.3, -0.25) is 19.9 Å². The lowest BCUT2D eigenvalue weighted by Crippen LogP contribution is -2.27. The van der Waals surface area contributed by atoms with Gasteiger partial charge in [0.25, 0.3) is 5.56 Å². The van der Waals surface area contributed by atoms with Gasteiger partial charge in [-0.25, -0.2) is 4.79 Å². The first kappa shape index (κ1) is 17.3. The Labute approximate surface area is 136 Å². The molecule has 24 heavy (non-hydrogen) atoms. The second-order valence-corrected chi connectivity index (χ2v) is 5.03. The zero-order valence-electron chi connectivity index (χ0n) is 13.5. The third kappa shape index (κ3) is 3.45. The molecule has 0 spiro atoms. The van der Waals surface area contributed by atoms with Crippen LogP contribution in [0.3, 0.4) is 0 Å². The average molecular weight is 335 g/mol. The van der Waals surface area contributed by atoms with Crippen LogP contribution in [0.2, 0.25) is 0 Å². The fourth-order valence-corrected chi connectivity index (χ4v) is 2.36. The van der Waals surface area contributed by atoms with Gasteiger partial charge < -0.3 is 14.5 Å². The molecular weight excluding hydrogens is 318 g/mol. The Kier molecular flexibility index (Phi) is 5.02. The van der Waals surface area contributed by atoms with Crippen molar-refractivity contribution in [1.82, 2.24) is 9.97 Å². The lowest BCUT2D eigenvalue weighted by Gasteiger charge is -2.12. The first-order valence-corrected chi connectivity index (χ1v) is 7.17. The number of methoxy groups -OCH3 is 1. The van der Waals surface area contributed by atoms with E-state index in [0.717, 1.165) is 0 Å². The van der Waals surface area contributed by atoms with Crippen molar-refractivity contribution in [3.05, 3.63) is 59.9 Å². The molecule has 0 saturated heterocycles. The summed E-state index contributed by atoms with van der Waals surface area (Å²) in [7, 11) is 1.38. The minimum atomic E-state index is -0.600. The van der Waals surface area contributed by atoms with Crippen molar-refractivity contribution in [2.75, 3.05) is 13.7 Å². The summed E-state index contributed by atoms with van der Waals surface area (Å²) in [5.74, 6) is 0.250. The van der Waals surface area contributed by atoms with E-state index in [1.807, 2.05) is 0 Å². The van der Waals surface area contributed by atoms with Crippen LogP contribution < -0.4 is 20.7 Å². The van der Waals surface area contributed by atoms with Crippen molar-refractivity contribution >= 4 is 5.69 Å². The van der Waals surface area contributed by atoms with E-state index in [-0.39, 0.29) is 30.2 Å². The molecule has 0 amide bonds. The highest BCUT2D eigenvalue weighted by molar-refractivity contribution is 5.58. The zero-order valence-corrected chi connectivity index (χ0v) is 13.5. The number of nitrogens with one attached hydrogen (secondary N) is 2. The van der Waals surface area contributed by atoms with Crippen molar-refractivity contribution < 1.29 is 14.4 Å². The molecule has 0 bridgehead atoms. The minimum Gasteiger partial charge on any atom is -0.493 e. The number of aromatic amines is 2. The van der Waals surface area contributed by atoms with Crippen molar-refractivity contribution in [2.24, 2.45) is 0 Å². The number of hydrogen-bond donors (Lipinski definition) is 2. The summed E-state index contributed by atoms with van der Waals surface area (Å²) in [6.45, 7) is 3.54. The van der Waals surface area contributed by atoms with Crippen molar-refractivity contribution in [1.29, 1.82) is 0 Å². The van der Waals surface area contributed by atoms with E-state index in [1.54, 1.807) is 19.9 Å². The van der Waals surface area contributed by atoms with Crippen LogP contribution in [0.4, 0.5) is 5.69 Å². The first-order chi connectivity index (χ1) is 11.4. The molecule has 2 rings (SSSR count). The molecule has 1 aromatic heterocycles. The van der Waals surface area contributed by atoms with Gasteiger partial charge in [0.1, 0.15) is 0 Å². The smallest absolute Gasteiger partial charge is 0.325 e. The van der Waals surface area contributed by atoms with E-state index >= 15 is 0 Å². The van der Waals surface area contributed by atoms with Crippen LogP contribution in [-0.4, -0.2) is 28.6 Å². The Balaban J connectivity index is 2.56. The van der Waals surface area contributed by atoms with E-state index in [4.69, 9.17) is 9.47 Å². The summed E-state index contributed by atoms with van der Waals surface area (Å²) in [5.41, 5.74) is -0.176. The van der Waals surface area contributed by atoms with Crippen LogP contribution in [0.5, 0.6) is 11.5 Å². The van der Waals surface area contributed by atoms with E-state index in [0.29, 0.717) is 16.8 Å². The highest BCUT2D eigenvalue weighted by atomic mass is 16.6. The monoisotopic (exact) mass is 335 g/mol. The summed E-state index contributed by atoms with van der Waals surface area (Å²) in [6.07, 6.45) is 0.0988. The molecule has 0 aliphatic carbocycles. The number of nitrogens with zero attached hydrogens (tertiary/aromatic N) is 1. The van der Waals surface area contributed by atoms with E-state index in [9.17, 15) is 19.7 Å². The summed E-state index contributed by atoms with van der Waals surface area (Å²) < 4.78 is 10.5. The van der Waals surface area contributed by atoms with Gasteiger partial charge in [-0.1, -0.05) is 0 Å². The van der Waals surface area contributed by atoms with Crippen LogP contribution in [0, 0.1) is 17.0 Å². The van der Waals surface area contributed by atoms with Gasteiger partial charge in [-0.05, 0) is 25.5 Å². The van der Waals surface area contributed by atoms with E-state index < -0.39 is 16.2 Å². The standard InChI is InChI=1S/C15H17N3O6/c1-4-24-13-11(18(21)22)6-9(7-12(13)23-3)5-10-8(2)16-15(20)17-14(10)19/h6-7H,4-5H2,1-3H3,(H2,16,17,19,20). The van der Waals surface area contributed by atoms with E-state index in [1.165, 1.54) is 13.2 Å². The maximum Gasteiger partial charge on any atom is 0.325 e. The molecule has 2 N–H and O–H groups in total. The Hall–Kier alpha value is -3.10. The third-order valence-electron chi connectivity index (χ3n) is 3.44. The molecule has 0 unspecified atom stereocenters. The SMILES string of the molecule is CCOc1c(OC)cc(Cc2c(C)[nH]c(=O)[nH]c2=O)cc1[N+](=O)[O-].